The number of methoxy groups -OCH3 is 1. The van der Waals surface area contributed by atoms with Crippen molar-refractivity contribution in [3.8, 4) is 0 Å². The summed E-state index contributed by atoms with van der Waals surface area (Å²) in [4.78, 5) is 10.1. The van der Waals surface area contributed by atoms with Gasteiger partial charge in [0.1, 0.15) is 19.3 Å². The highest BCUT2D eigenvalue weighted by Gasteiger charge is 2.33. The summed E-state index contributed by atoms with van der Waals surface area (Å²) in [6.45, 7) is 6.79. The van der Waals surface area contributed by atoms with E-state index in [2.05, 4.69) is 13.8 Å². The van der Waals surface area contributed by atoms with E-state index in [0.29, 0.717) is 11.0 Å². The van der Waals surface area contributed by atoms with Crippen LogP contribution in [-0.4, -0.2) is 69.3 Å². The first kappa shape index (κ1) is 31.0. The number of likely N-dealkylation sites (N-methyl/N-ethyl adjacent to an activating group) is 1. The maximum absolute atomic E-state index is 12.4. The monoisotopic (exact) mass is 468 g/mol. The first-order valence-electron chi connectivity index (χ1n) is 12.2. The van der Waals surface area contributed by atoms with Crippen LogP contribution < -0.4 is 0 Å². The van der Waals surface area contributed by atoms with Gasteiger partial charge in [-0.2, -0.15) is 0 Å². The van der Waals surface area contributed by atoms with Gasteiger partial charge in [-0.15, -0.1) is 0 Å². The van der Waals surface area contributed by atoms with Gasteiger partial charge in [-0.05, 0) is 19.8 Å². The molecule has 0 aliphatic carbocycles. The van der Waals surface area contributed by atoms with E-state index in [4.69, 9.17) is 18.5 Å². The van der Waals surface area contributed by atoms with Crippen molar-refractivity contribution in [1.29, 1.82) is 0 Å². The number of phosphoric acid groups is 1. The second-order valence-corrected chi connectivity index (χ2v) is 10.9. The Morgan fingerprint density at radius 3 is 1.97 bits per heavy atom. The topological polar surface area (TPSA) is 74.2 Å². The van der Waals surface area contributed by atoms with Gasteiger partial charge in [-0.3, -0.25) is 9.05 Å². The Hall–Kier alpha value is -0.0100. The molecule has 1 N–H and O–H groups in total. The van der Waals surface area contributed by atoms with E-state index in [1.54, 1.807) is 6.92 Å². The molecule has 0 saturated heterocycles. The van der Waals surface area contributed by atoms with Crippen LogP contribution in [0.4, 0.5) is 0 Å². The maximum Gasteiger partial charge on any atom is 0.474 e. The van der Waals surface area contributed by atoms with Gasteiger partial charge < -0.3 is 18.9 Å². The molecule has 188 valence electrons. The number of hydrogen-bond acceptors (Lipinski definition) is 5. The van der Waals surface area contributed by atoms with Gasteiger partial charge in [-0.25, -0.2) is 4.57 Å². The zero-order chi connectivity index (χ0) is 23.8. The van der Waals surface area contributed by atoms with E-state index in [1.165, 1.54) is 58.5 Å². The molecule has 0 aliphatic heterocycles. The number of unbranched alkanes of at least 4 members (excludes halogenated alkanes) is 8. The van der Waals surface area contributed by atoms with Crippen LogP contribution in [0.1, 0.15) is 91.4 Å². The number of phosphoric ester groups is 1. The third-order valence-electron chi connectivity index (χ3n) is 5.42. The largest absolute Gasteiger partial charge is 0.474 e. The molecule has 0 fully saturated rings. The third-order valence-corrected chi connectivity index (χ3v) is 6.40. The zero-order valence-electron chi connectivity index (χ0n) is 21.3. The smallest absolute Gasteiger partial charge is 0.376 e. The van der Waals surface area contributed by atoms with Crippen molar-refractivity contribution in [1.82, 2.24) is 0 Å². The molecule has 7 nitrogen and oxygen atoms in total. The molecule has 31 heavy (non-hydrogen) atoms. The molecule has 0 aromatic carbocycles. The maximum atomic E-state index is 12.4. The van der Waals surface area contributed by atoms with Crippen LogP contribution in [0, 0.1) is 0 Å². The quantitative estimate of drug-likeness (QED) is 0.0978. The molecule has 0 aromatic heterocycles. The first-order valence-corrected chi connectivity index (χ1v) is 13.7. The van der Waals surface area contributed by atoms with Gasteiger partial charge in [0.15, 0.2) is 6.29 Å². The highest BCUT2D eigenvalue weighted by molar-refractivity contribution is 7.47. The first-order chi connectivity index (χ1) is 14.5. The number of nitrogens with zero attached hydrogens (tertiary/aromatic N) is 1. The van der Waals surface area contributed by atoms with Crippen LogP contribution in [0.25, 0.3) is 0 Å². The lowest BCUT2D eigenvalue weighted by molar-refractivity contribution is -0.870. The molecule has 0 heterocycles. The van der Waals surface area contributed by atoms with Gasteiger partial charge in [-0.1, -0.05) is 71.6 Å². The van der Waals surface area contributed by atoms with Gasteiger partial charge in [0.05, 0.1) is 27.2 Å². The molecule has 0 saturated carbocycles. The molecule has 8 heteroatoms. The number of hydrogen-bond donors (Lipinski definition) is 1. The Bertz CT molecular complexity index is 471. The summed E-state index contributed by atoms with van der Waals surface area (Å²) in [5, 5.41) is 0. The molecular weight excluding hydrogens is 417 g/mol. The molecule has 0 bridgehead atoms. The Labute approximate surface area is 192 Å². The van der Waals surface area contributed by atoms with Crippen LogP contribution in [0.5, 0.6) is 0 Å². The lowest BCUT2D eigenvalue weighted by Crippen LogP contribution is -2.38. The highest BCUT2D eigenvalue weighted by atomic mass is 31.2. The molecule has 0 spiro atoms. The third kappa shape index (κ3) is 18.1. The van der Waals surface area contributed by atoms with Crippen LogP contribution in [0.15, 0.2) is 0 Å². The van der Waals surface area contributed by atoms with E-state index in [0.717, 1.165) is 19.3 Å². The molecule has 0 aromatic rings. The van der Waals surface area contributed by atoms with Crippen molar-refractivity contribution in [2.75, 3.05) is 41.4 Å². The number of ether oxygens (including phenoxy) is 2. The van der Waals surface area contributed by atoms with Crippen LogP contribution >= 0.6 is 7.82 Å². The minimum atomic E-state index is -4.24. The van der Waals surface area contributed by atoms with Crippen molar-refractivity contribution in [3.05, 3.63) is 0 Å². The van der Waals surface area contributed by atoms with Crippen LogP contribution in [0.2, 0.25) is 0 Å². The Kier molecular flexibility index (Phi) is 17.5. The van der Waals surface area contributed by atoms with E-state index >= 15 is 0 Å². The zero-order valence-corrected chi connectivity index (χ0v) is 22.2. The van der Waals surface area contributed by atoms with E-state index in [1.807, 2.05) is 21.1 Å². The summed E-state index contributed by atoms with van der Waals surface area (Å²) >= 11 is 0. The lowest BCUT2D eigenvalue weighted by Gasteiger charge is -2.29. The van der Waals surface area contributed by atoms with Crippen molar-refractivity contribution in [2.24, 2.45) is 0 Å². The van der Waals surface area contributed by atoms with Gasteiger partial charge in [0, 0.05) is 7.11 Å². The Morgan fingerprint density at radius 1 is 0.935 bits per heavy atom. The molecule has 0 rings (SSSR count). The fourth-order valence-electron chi connectivity index (χ4n) is 3.16. The molecule has 4 atom stereocenters. The fraction of sp³-hybridized carbons (Fsp3) is 1.00. The predicted octanol–water partition coefficient (Wildman–Crippen LogP) is 5.90. The Morgan fingerprint density at radius 2 is 1.48 bits per heavy atom. The standard InChI is InChI=1S/C23H50NO6P/c1-8-10-11-12-13-14-15-16-17-18-22(9-2)29-23(21(3)27-7)30-31(25,26)28-20-19-24(4,5)6/h21-23H,8-20H2,1-7H3/p+1. The van der Waals surface area contributed by atoms with E-state index in [9.17, 15) is 9.46 Å². The summed E-state index contributed by atoms with van der Waals surface area (Å²) < 4.78 is 34.9. The summed E-state index contributed by atoms with van der Waals surface area (Å²) in [5.74, 6) is 0. The molecule has 4 unspecified atom stereocenters. The summed E-state index contributed by atoms with van der Waals surface area (Å²) in [6.07, 6.45) is 11.7. The second-order valence-electron chi connectivity index (χ2n) is 9.51. The van der Waals surface area contributed by atoms with Crippen molar-refractivity contribution in [2.45, 2.75) is 110 Å². The summed E-state index contributed by atoms with van der Waals surface area (Å²) in [7, 11) is 3.27. The van der Waals surface area contributed by atoms with E-state index < -0.39 is 20.2 Å². The minimum Gasteiger partial charge on any atom is -0.376 e. The van der Waals surface area contributed by atoms with E-state index in [-0.39, 0.29) is 12.7 Å². The van der Waals surface area contributed by atoms with Crippen molar-refractivity contribution < 1.29 is 32.5 Å². The minimum absolute atomic E-state index is 0.0432. The number of quaternary nitrogens is 1. The predicted molar refractivity (Wildman–Crippen MR) is 127 cm³/mol. The van der Waals surface area contributed by atoms with Crippen LogP contribution in [0.3, 0.4) is 0 Å². The van der Waals surface area contributed by atoms with Gasteiger partial charge in [0.2, 0.25) is 0 Å². The normalized spacial score (nSPS) is 17.3. The summed E-state index contributed by atoms with van der Waals surface area (Å²) in [5.41, 5.74) is 0. The average molecular weight is 469 g/mol. The molecule has 0 radical (unpaired) electrons. The number of rotatable bonds is 21. The second kappa shape index (κ2) is 17.5. The summed E-state index contributed by atoms with van der Waals surface area (Å²) in [6, 6.07) is 0. The van der Waals surface area contributed by atoms with Crippen LogP contribution in [-0.2, 0) is 23.1 Å². The molecule has 0 amide bonds. The average Bonchev–Trinajstić information content (AvgIpc) is 2.68. The SMILES string of the molecule is CCCCCCCCCCCC(CC)OC(OP(=O)(O)OCC[N+](C)(C)C)C(C)OC. The lowest BCUT2D eigenvalue weighted by atomic mass is 10.0. The van der Waals surface area contributed by atoms with Gasteiger partial charge >= 0.3 is 7.82 Å². The Balaban J connectivity index is 4.41. The molecular formula is C23H51NO6P+. The van der Waals surface area contributed by atoms with Crippen molar-refractivity contribution in [3.63, 3.8) is 0 Å². The highest BCUT2D eigenvalue weighted by Crippen LogP contribution is 2.45. The van der Waals surface area contributed by atoms with Crippen molar-refractivity contribution >= 4 is 7.82 Å². The van der Waals surface area contributed by atoms with Gasteiger partial charge in [0.25, 0.3) is 0 Å². The molecule has 0 aliphatic rings. The fourth-order valence-corrected chi connectivity index (χ4v) is 4.02.